The number of carbonyl (C=O) groups excluding carboxylic acids is 3. The van der Waals surface area contributed by atoms with E-state index in [0.717, 1.165) is 17.3 Å². The minimum atomic E-state index is -0.739. The van der Waals surface area contributed by atoms with Crippen molar-refractivity contribution in [1.29, 1.82) is 0 Å². The lowest BCUT2D eigenvalue weighted by Gasteiger charge is -2.16. The maximum Gasteiger partial charge on any atom is 0.329 e. The minimum absolute atomic E-state index is 0.0803. The summed E-state index contributed by atoms with van der Waals surface area (Å²) in [6, 6.07) is -0.739. The lowest BCUT2D eigenvalue weighted by molar-refractivity contribution is -0.626. The maximum atomic E-state index is 11.7. The Morgan fingerprint density at radius 1 is 1.40 bits per heavy atom. The lowest BCUT2D eigenvalue weighted by Crippen LogP contribution is -2.81. The van der Waals surface area contributed by atoms with Crippen LogP contribution in [-0.4, -0.2) is 68.1 Å². The second kappa shape index (κ2) is 10.8. The van der Waals surface area contributed by atoms with E-state index in [2.05, 4.69) is 10.1 Å². The summed E-state index contributed by atoms with van der Waals surface area (Å²) in [5.74, 6) is -0.557. The SMILES string of the molecule is C[NH2+]CCN(C)C(=O)SSCC(NC(C)=O)C(=O)OC. The number of hydrogen-bond acceptors (Lipinski definition) is 6. The van der Waals surface area contributed by atoms with Crippen LogP contribution in [0.3, 0.4) is 0 Å². The van der Waals surface area contributed by atoms with Gasteiger partial charge in [0.25, 0.3) is 5.24 Å². The van der Waals surface area contributed by atoms with E-state index in [0.29, 0.717) is 6.54 Å². The summed E-state index contributed by atoms with van der Waals surface area (Å²) in [6.07, 6.45) is 0. The zero-order chi connectivity index (χ0) is 15.5. The number of likely N-dealkylation sites (N-methyl/N-ethyl adjacent to an activating group) is 2. The van der Waals surface area contributed by atoms with Crippen molar-refractivity contribution in [1.82, 2.24) is 10.2 Å². The Balaban J connectivity index is 4.13. The van der Waals surface area contributed by atoms with Gasteiger partial charge in [-0.15, -0.1) is 0 Å². The predicted molar refractivity (Wildman–Crippen MR) is 80.4 cm³/mol. The van der Waals surface area contributed by atoms with Crippen LogP contribution in [0.2, 0.25) is 0 Å². The molecule has 20 heavy (non-hydrogen) atoms. The molecule has 0 rings (SSSR count). The molecule has 0 radical (unpaired) electrons. The average molecular weight is 324 g/mol. The molecule has 116 valence electrons. The van der Waals surface area contributed by atoms with E-state index in [-0.39, 0.29) is 16.9 Å². The number of rotatable bonds is 8. The molecule has 0 fully saturated rings. The van der Waals surface area contributed by atoms with E-state index in [1.165, 1.54) is 24.8 Å². The number of hydrogen-bond donors (Lipinski definition) is 2. The van der Waals surface area contributed by atoms with Crippen LogP contribution in [0.1, 0.15) is 6.92 Å². The number of nitrogens with one attached hydrogen (secondary N) is 1. The molecule has 0 aliphatic carbocycles. The second-order valence-electron chi connectivity index (χ2n) is 4.03. The highest BCUT2D eigenvalue weighted by Gasteiger charge is 2.21. The van der Waals surface area contributed by atoms with Gasteiger partial charge in [-0.1, -0.05) is 10.8 Å². The van der Waals surface area contributed by atoms with Crippen molar-refractivity contribution < 1.29 is 24.4 Å². The van der Waals surface area contributed by atoms with Gasteiger partial charge in [0.2, 0.25) is 5.91 Å². The number of ether oxygens (including phenoxy) is 1. The fourth-order valence-corrected chi connectivity index (χ4v) is 3.23. The molecule has 0 aliphatic heterocycles. The number of amides is 2. The molecule has 1 atom stereocenters. The quantitative estimate of drug-likeness (QED) is 0.453. The fraction of sp³-hybridized carbons (Fsp3) is 0.727. The number of carbonyl (C=O) groups is 3. The molecule has 0 spiro atoms. The van der Waals surface area contributed by atoms with Gasteiger partial charge in [-0.3, -0.25) is 9.59 Å². The van der Waals surface area contributed by atoms with Gasteiger partial charge < -0.3 is 20.3 Å². The highest BCUT2D eigenvalue weighted by Crippen LogP contribution is 2.25. The van der Waals surface area contributed by atoms with E-state index in [9.17, 15) is 14.4 Å². The van der Waals surface area contributed by atoms with Gasteiger partial charge in [0, 0.05) is 30.5 Å². The van der Waals surface area contributed by atoms with Crippen molar-refractivity contribution in [3.8, 4) is 0 Å². The second-order valence-corrected chi connectivity index (χ2v) is 6.32. The van der Waals surface area contributed by atoms with Crippen LogP contribution in [0, 0.1) is 0 Å². The molecule has 0 aromatic carbocycles. The molecule has 3 N–H and O–H groups in total. The van der Waals surface area contributed by atoms with Gasteiger partial charge in [-0.2, -0.15) is 0 Å². The van der Waals surface area contributed by atoms with Crippen molar-refractivity contribution in [2.75, 3.05) is 40.0 Å². The summed E-state index contributed by atoms with van der Waals surface area (Å²) in [5.41, 5.74) is 0. The Bertz CT molecular complexity index is 342. The monoisotopic (exact) mass is 324 g/mol. The molecule has 2 amide bonds. The number of quaternary nitrogens is 1. The van der Waals surface area contributed by atoms with Gasteiger partial charge in [-0.05, 0) is 0 Å². The highest BCUT2D eigenvalue weighted by molar-refractivity contribution is 8.82. The normalized spacial score (nSPS) is 11.6. The molecule has 0 saturated heterocycles. The summed E-state index contributed by atoms with van der Waals surface area (Å²) in [6.45, 7) is 2.83. The average Bonchev–Trinajstić information content (AvgIpc) is 2.41. The topological polar surface area (TPSA) is 92.3 Å². The summed E-state index contributed by atoms with van der Waals surface area (Å²) in [4.78, 5) is 35.8. The third kappa shape index (κ3) is 8.28. The molecule has 0 saturated carbocycles. The Morgan fingerprint density at radius 3 is 2.55 bits per heavy atom. The number of methoxy groups -OCH3 is 1. The van der Waals surface area contributed by atoms with Gasteiger partial charge in [0.1, 0.15) is 6.04 Å². The Kier molecular flexibility index (Phi) is 10.3. The van der Waals surface area contributed by atoms with Crippen molar-refractivity contribution >= 4 is 38.7 Å². The van der Waals surface area contributed by atoms with Crippen LogP contribution >= 0.6 is 21.6 Å². The van der Waals surface area contributed by atoms with Crippen LogP contribution in [0.15, 0.2) is 0 Å². The number of nitrogens with zero attached hydrogens (tertiary/aromatic N) is 1. The first-order valence-electron chi connectivity index (χ1n) is 6.09. The van der Waals surface area contributed by atoms with Crippen LogP contribution in [0.4, 0.5) is 4.79 Å². The zero-order valence-electron chi connectivity index (χ0n) is 12.2. The molecule has 7 nitrogen and oxygen atoms in total. The molecule has 0 aromatic rings. The summed E-state index contributed by atoms with van der Waals surface area (Å²) >= 11 is 0. The molecular formula is C11H22N3O4S2+. The first-order chi connectivity index (χ1) is 9.42. The Labute approximate surface area is 126 Å². The van der Waals surface area contributed by atoms with Gasteiger partial charge in [-0.25, -0.2) is 4.79 Å². The van der Waals surface area contributed by atoms with Crippen LogP contribution in [0.25, 0.3) is 0 Å². The smallest absolute Gasteiger partial charge is 0.329 e. The van der Waals surface area contributed by atoms with Crippen molar-refractivity contribution in [2.45, 2.75) is 13.0 Å². The third-order valence-corrected chi connectivity index (χ3v) is 4.52. The first kappa shape index (κ1) is 19.1. The van der Waals surface area contributed by atoms with Gasteiger partial charge in [0.15, 0.2) is 0 Å². The van der Waals surface area contributed by atoms with E-state index < -0.39 is 12.0 Å². The lowest BCUT2D eigenvalue weighted by atomic mass is 10.3. The molecule has 0 aliphatic rings. The van der Waals surface area contributed by atoms with E-state index in [1.54, 1.807) is 11.9 Å². The van der Waals surface area contributed by atoms with Gasteiger partial charge >= 0.3 is 5.97 Å². The van der Waals surface area contributed by atoms with Crippen molar-refractivity contribution in [3.63, 3.8) is 0 Å². The third-order valence-electron chi connectivity index (χ3n) is 2.29. The Morgan fingerprint density at radius 2 is 2.05 bits per heavy atom. The Hall–Kier alpha value is -0.930. The van der Waals surface area contributed by atoms with E-state index >= 15 is 0 Å². The molecule has 0 heterocycles. The minimum Gasteiger partial charge on any atom is -0.467 e. The maximum absolute atomic E-state index is 11.7. The van der Waals surface area contributed by atoms with Crippen molar-refractivity contribution in [3.05, 3.63) is 0 Å². The molecule has 0 aromatic heterocycles. The first-order valence-corrected chi connectivity index (χ1v) is 8.41. The van der Waals surface area contributed by atoms with E-state index in [1.807, 2.05) is 12.4 Å². The predicted octanol–water partition coefficient (Wildman–Crippen LogP) is -0.709. The standard InChI is InChI=1S/C11H21N3O4S2/c1-8(15)13-9(10(16)18-4)7-19-20-11(17)14(3)6-5-12-2/h9,12H,5-7H2,1-4H3,(H,13,15)/p+1. The summed E-state index contributed by atoms with van der Waals surface area (Å²) < 4.78 is 4.60. The zero-order valence-corrected chi connectivity index (χ0v) is 13.8. The summed E-state index contributed by atoms with van der Waals surface area (Å²) in [5, 5.41) is 4.40. The highest BCUT2D eigenvalue weighted by atomic mass is 33.1. The molecule has 9 heteroatoms. The number of nitrogens with two attached hydrogens (primary N) is 1. The van der Waals surface area contributed by atoms with E-state index in [4.69, 9.17) is 0 Å². The molecular weight excluding hydrogens is 302 g/mol. The van der Waals surface area contributed by atoms with Crippen LogP contribution in [0.5, 0.6) is 0 Å². The number of esters is 1. The fourth-order valence-electron chi connectivity index (χ4n) is 1.19. The molecule has 1 unspecified atom stereocenters. The van der Waals surface area contributed by atoms with Crippen molar-refractivity contribution in [2.24, 2.45) is 0 Å². The van der Waals surface area contributed by atoms with Crippen LogP contribution in [-0.2, 0) is 14.3 Å². The van der Waals surface area contributed by atoms with Crippen LogP contribution < -0.4 is 10.6 Å². The van der Waals surface area contributed by atoms with Gasteiger partial charge in [0.05, 0.1) is 27.2 Å². The largest absolute Gasteiger partial charge is 0.467 e. The molecule has 0 bridgehead atoms. The summed E-state index contributed by atoms with van der Waals surface area (Å²) in [7, 11) is 7.19.